The number of fused-ring (bicyclic) bond motifs is 1. The number of nitrogens with zero attached hydrogens (tertiary/aromatic N) is 2. The second kappa shape index (κ2) is 4.87. The Kier molecular flexibility index (Phi) is 3.32. The van der Waals surface area contributed by atoms with E-state index in [1.807, 2.05) is 16.7 Å². The molecule has 0 aliphatic carbocycles. The molecule has 0 spiro atoms. The van der Waals surface area contributed by atoms with E-state index in [0.29, 0.717) is 10.7 Å². The van der Waals surface area contributed by atoms with Crippen molar-refractivity contribution in [2.75, 3.05) is 0 Å². The number of aromatic nitrogens is 2. The molecule has 0 saturated carbocycles. The van der Waals surface area contributed by atoms with Gasteiger partial charge in [-0.1, -0.05) is 11.6 Å². The molecule has 2 aromatic heterocycles. The van der Waals surface area contributed by atoms with Crippen LogP contribution in [0.1, 0.15) is 11.4 Å². The smallest absolute Gasteiger partial charge is 0.194 e. The molecule has 2 heterocycles. The summed E-state index contributed by atoms with van der Waals surface area (Å²) in [6.07, 6.45) is 1.77. The van der Waals surface area contributed by atoms with Crippen LogP contribution in [-0.2, 0) is 15.6 Å². The van der Waals surface area contributed by atoms with Gasteiger partial charge in [0.1, 0.15) is 0 Å². The second-order valence-electron chi connectivity index (χ2n) is 4.47. The molecule has 0 aliphatic heterocycles. The molecular formula is C13H11ClN2O2S2. The summed E-state index contributed by atoms with van der Waals surface area (Å²) in [5, 5.41) is 2.50. The molecule has 0 saturated heterocycles. The highest BCUT2D eigenvalue weighted by molar-refractivity contribution is 7.90. The zero-order valence-electron chi connectivity index (χ0n) is 10.6. The molecule has 0 bridgehead atoms. The lowest BCUT2D eigenvalue weighted by molar-refractivity contribution is 0.595. The lowest BCUT2D eigenvalue weighted by Crippen LogP contribution is -2.05. The van der Waals surface area contributed by atoms with E-state index in [9.17, 15) is 8.42 Å². The van der Waals surface area contributed by atoms with Crippen molar-refractivity contribution in [3.05, 3.63) is 52.3 Å². The van der Waals surface area contributed by atoms with Crippen molar-refractivity contribution in [1.29, 1.82) is 0 Å². The quantitative estimate of drug-likeness (QED) is 0.741. The first-order chi connectivity index (χ1) is 9.45. The molecule has 7 heteroatoms. The Morgan fingerprint density at radius 1 is 1.30 bits per heavy atom. The summed E-state index contributed by atoms with van der Waals surface area (Å²) in [5.74, 6) is -0.109. The van der Waals surface area contributed by atoms with E-state index in [2.05, 4.69) is 4.98 Å². The normalized spacial score (nSPS) is 12.1. The van der Waals surface area contributed by atoms with E-state index in [1.54, 1.807) is 18.3 Å². The number of thiazole rings is 1. The van der Waals surface area contributed by atoms with E-state index in [4.69, 9.17) is 11.6 Å². The monoisotopic (exact) mass is 326 g/mol. The summed E-state index contributed by atoms with van der Waals surface area (Å²) in [6.45, 7) is 1.96. The number of hydrogen-bond acceptors (Lipinski definition) is 4. The summed E-state index contributed by atoms with van der Waals surface area (Å²) in [7, 11) is -3.40. The number of sulfone groups is 1. The van der Waals surface area contributed by atoms with Crippen molar-refractivity contribution in [2.45, 2.75) is 17.6 Å². The van der Waals surface area contributed by atoms with Crippen LogP contribution in [0.15, 0.2) is 40.7 Å². The Balaban J connectivity index is 1.94. The Morgan fingerprint density at radius 2 is 2.00 bits per heavy atom. The van der Waals surface area contributed by atoms with Crippen molar-refractivity contribution < 1.29 is 8.42 Å². The van der Waals surface area contributed by atoms with Crippen molar-refractivity contribution in [3.8, 4) is 0 Å². The van der Waals surface area contributed by atoms with Gasteiger partial charge >= 0.3 is 0 Å². The standard InChI is InChI=1S/C13H11ClN2O2S2/c1-9-7-19-13-15-11(6-16(9)13)8-20(17,18)12-4-2-10(14)3-5-12/h2-7H,8H2,1H3. The molecule has 0 amide bonds. The highest BCUT2D eigenvalue weighted by Crippen LogP contribution is 2.21. The average Bonchev–Trinajstić information content (AvgIpc) is 2.92. The first-order valence-corrected chi connectivity index (χ1v) is 8.77. The number of imidazole rings is 1. The minimum atomic E-state index is -3.40. The molecule has 0 unspecified atom stereocenters. The van der Waals surface area contributed by atoms with Crippen LogP contribution in [0.5, 0.6) is 0 Å². The van der Waals surface area contributed by atoms with Gasteiger partial charge in [0.2, 0.25) is 0 Å². The van der Waals surface area contributed by atoms with Crippen LogP contribution in [0.3, 0.4) is 0 Å². The largest absolute Gasteiger partial charge is 0.295 e. The fraction of sp³-hybridized carbons (Fsp3) is 0.154. The topological polar surface area (TPSA) is 51.4 Å². The third kappa shape index (κ3) is 2.46. The molecule has 0 N–H and O–H groups in total. The Hall–Kier alpha value is -1.37. The fourth-order valence-electron chi connectivity index (χ4n) is 1.93. The van der Waals surface area contributed by atoms with Crippen LogP contribution in [0.25, 0.3) is 4.96 Å². The maximum Gasteiger partial charge on any atom is 0.194 e. The first-order valence-electron chi connectivity index (χ1n) is 5.86. The highest BCUT2D eigenvalue weighted by atomic mass is 35.5. The van der Waals surface area contributed by atoms with Crippen molar-refractivity contribution >= 4 is 37.7 Å². The summed E-state index contributed by atoms with van der Waals surface area (Å²) in [4.78, 5) is 5.41. The Morgan fingerprint density at radius 3 is 2.65 bits per heavy atom. The molecule has 0 atom stereocenters. The lowest BCUT2D eigenvalue weighted by atomic mass is 10.4. The van der Waals surface area contributed by atoms with Crippen LogP contribution >= 0.6 is 22.9 Å². The van der Waals surface area contributed by atoms with Gasteiger partial charge in [0.05, 0.1) is 16.3 Å². The molecule has 0 radical (unpaired) electrons. The van der Waals surface area contributed by atoms with Gasteiger partial charge in [-0.3, -0.25) is 4.40 Å². The summed E-state index contributed by atoms with van der Waals surface area (Å²) in [6, 6.07) is 6.18. The van der Waals surface area contributed by atoms with Gasteiger partial charge in [-0.15, -0.1) is 11.3 Å². The SMILES string of the molecule is Cc1csc2nc(CS(=O)(=O)c3ccc(Cl)cc3)cn12. The van der Waals surface area contributed by atoms with E-state index in [-0.39, 0.29) is 10.6 Å². The van der Waals surface area contributed by atoms with Gasteiger partial charge in [0.15, 0.2) is 14.8 Å². The number of benzene rings is 1. The lowest BCUT2D eigenvalue weighted by Gasteiger charge is -2.02. The van der Waals surface area contributed by atoms with Gasteiger partial charge < -0.3 is 0 Å². The third-order valence-corrected chi connectivity index (χ3v) is 5.82. The Bertz CT molecular complexity index is 864. The summed E-state index contributed by atoms with van der Waals surface area (Å²) < 4.78 is 26.5. The number of halogens is 1. The van der Waals surface area contributed by atoms with E-state index < -0.39 is 9.84 Å². The molecule has 1 aromatic carbocycles. The molecule has 0 fully saturated rings. The number of aryl methyl sites for hydroxylation is 1. The molecule has 4 nitrogen and oxygen atoms in total. The Labute approximate surface area is 125 Å². The average molecular weight is 327 g/mol. The fourth-order valence-corrected chi connectivity index (χ4v) is 4.17. The van der Waals surface area contributed by atoms with E-state index >= 15 is 0 Å². The van der Waals surface area contributed by atoms with E-state index in [1.165, 1.54) is 23.5 Å². The highest BCUT2D eigenvalue weighted by Gasteiger charge is 2.18. The summed E-state index contributed by atoms with van der Waals surface area (Å²) in [5.41, 5.74) is 1.60. The number of hydrogen-bond donors (Lipinski definition) is 0. The zero-order chi connectivity index (χ0) is 14.3. The van der Waals surface area contributed by atoms with Gasteiger partial charge in [-0.25, -0.2) is 13.4 Å². The van der Waals surface area contributed by atoms with Crippen LogP contribution in [0, 0.1) is 6.92 Å². The predicted octanol–water partition coefficient (Wildman–Crippen LogP) is 3.33. The van der Waals surface area contributed by atoms with Gasteiger partial charge in [0.25, 0.3) is 0 Å². The molecular weight excluding hydrogens is 316 g/mol. The molecule has 3 aromatic rings. The van der Waals surface area contributed by atoms with Crippen molar-refractivity contribution in [3.63, 3.8) is 0 Å². The molecule has 20 heavy (non-hydrogen) atoms. The predicted molar refractivity (Wildman–Crippen MR) is 80.1 cm³/mol. The van der Waals surface area contributed by atoms with Crippen LogP contribution in [0.2, 0.25) is 5.02 Å². The van der Waals surface area contributed by atoms with Gasteiger partial charge in [-0.05, 0) is 31.2 Å². The number of rotatable bonds is 3. The minimum Gasteiger partial charge on any atom is -0.295 e. The van der Waals surface area contributed by atoms with Crippen molar-refractivity contribution in [1.82, 2.24) is 9.38 Å². The van der Waals surface area contributed by atoms with Crippen LogP contribution in [-0.4, -0.2) is 17.8 Å². The van der Waals surface area contributed by atoms with E-state index in [0.717, 1.165) is 10.7 Å². The van der Waals surface area contributed by atoms with Crippen molar-refractivity contribution in [2.24, 2.45) is 0 Å². The minimum absolute atomic E-state index is 0.109. The van der Waals surface area contributed by atoms with Gasteiger partial charge in [0, 0.05) is 22.3 Å². The maximum absolute atomic E-state index is 12.3. The zero-order valence-corrected chi connectivity index (χ0v) is 13.0. The van der Waals surface area contributed by atoms with Crippen LogP contribution < -0.4 is 0 Å². The third-order valence-electron chi connectivity index (χ3n) is 2.95. The first kappa shape index (κ1) is 13.6. The molecule has 104 valence electrons. The summed E-state index contributed by atoms with van der Waals surface area (Å²) >= 11 is 7.27. The molecule has 3 rings (SSSR count). The van der Waals surface area contributed by atoms with Gasteiger partial charge in [-0.2, -0.15) is 0 Å². The van der Waals surface area contributed by atoms with Crippen LogP contribution in [0.4, 0.5) is 0 Å². The molecule has 0 aliphatic rings. The maximum atomic E-state index is 12.3. The second-order valence-corrected chi connectivity index (χ2v) is 7.74.